The molecule has 1 atom stereocenters. The van der Waals surface area contributed by atoms with Crippen molar-refractivity contribution in [3.63, 3.8) is 0 Å². The third kappa shape index (κ3) is 4.42. The zero-order chi connectivity index (χ0) is 21.8. The van der Waals surface area contributed by atoms with Gasteiger partial charge in [-0.25, -0.2) is 14.6 Å². The Labute approximate surface area is 182 Å². The third-order valence-corrected chi connectivity index (χ3v) is 5.62. The van der Waals surface area contributed by atoms with Crippen molar-refractivity contribution >= 4 is 16.9 Å². The van der Waals surface area contributed by atoms with Gasteiger partial charge in [0.25, 0.3) is 0 Å². The van der Waals surface area contributed by atoms with Crippen LogP contribution < -0.4 is 15.2 Å². The monoisotopic (exact) mass is 420 g/mol. The van der Waals surface area contributed by atoms with Crippen molar-refractivity contribution in [2.75, 3.05) is 39.6 Å². The number of benzene rings is 1. The third-order valence-electron chi connectivity index (χ3n) is 5.62. The minimum absolute atomic E-state index is 0.251. The molecule has 8 nitrogen and oxygen atoms in total. The van der Waals surface area contributed by atoms with Gasteiger partial charge >= 0.3 is 0 Å². The number of hydrogen-bond acceptors (Lipinski definition) is 7. The van der Waals surface area contributed by atoms with Crippen molar-refractivity contribution in [2.24, 2.45) is 0 Å². The number of likely N-dealkylation sites (tertiary alicyclic amines) is 1. The molecule has 162 valence electrons. The molecule has 2 aromatic heterocycles. The normalized spacial score (nSPS) is 16.3. The number of methoxy groups -OCH3 is 2. The van der Waals surface area contributed by atoms with Crippen molar-refractivity contribution in [3.05, 3.63) is 35.8 Å². The number of anilines is 1. The van der Waals surface area contributed by atoms with Crippen LogP contribution in [-0.4, -0.2) is 58.5 Å². The summed E-state index contributed by atoms with van der Waals surface area (Å²) >= 11 is 0. The summed E-state index contributed by atoms with van der Waals surface area (Å²) in [6.07, 6.45) is 4.93. The van der Waals surface area contributed by atoms with Crippen LogP contribution in [0.2, 0.25) is 0 Å². The molecule has 1 aliphatic rings. The molecule has 1 aliphatic heterocycles. The van der Waals surface area contributed by atoms with Crippen LogP contribution in [-0.2, 0) is 0 Å². The second-order valence-electron chi connectivity index (χ2n) is 7.70. The Morgan fingerprint density at radius 1 is 1.13 bits per heavy atom. The Kier molecular flexibility index (Phi) is 6.23. The molecule has 0 bridgehead atoms. The van der Waals surface area contributed by atoms with E-state index in [-0.39, 0.29) is 6.04 Å². The summed E-state index contributed by atoms with van der Waals surface area (Å²) in [6, 6.07) is 5.78. The predicted molar refractivity (Wildman–Crippen MR) is 120 cm³/mol. The van der Waals surface area contributed by atoms with Crippen LogP contribution in [0, 0.1) is 11.8 Å². The second-order valence-corrected chi connectivity index (χ2v) is 7.70. The summed E-state index contributed by atoms with van der Waals surface area (Å²) in [5, 5.41) is 5.52. The Morgan fingerprint density at radius 3 is 2.61 bits per heavy atom. The van der Waals surface area contributed by atoms with E-state index in [0.717, 1.165) is 37.3 Å². The van der Waals surface area contributed by atoms with Gasteiger partial charge < -0.3 is 20.1 Å². The van der Waals surface area contributed by atoms with Crippen LogP contribution in [0.3, 0.4) is 0 Å². The van der Waals surface area contributed by atoms with E-state index < -0.39 is 0 Å². The van der Waals surface area contributed by atoms with Crippen LogP contribution in [0.1, 0.15) is 43.5 Å². The molecule has 0 aliphatic carbocycles. The number of aromatic nitrogens is 4. The molecular formula is C23H28N6O2. The lowest BCUT2D eigenvalue weighted by atomic mass is 10.2. The number of ether oxygens (including phenoxy) is 2. The molecule has 1 fully saturated rings. The van der Waals surface area contributed by atoms with E-state index in [2.05, 4.69) is 33.6 Å². The van der Waals surface area contributed by atoms with Gasteiger partial charge in [-0.05, 0) is 37.4 Å². The highest BCUT2D eigenvalue weighted by Crippen LogP contribution is 2.28. The van der Waals surface area contributed by atoms with Gasteiger partial charge in [0.15, 0.2) is 5.65 Å². The lowest BCUT2D eigenvalue weighted by molar-refractivity contribution is 0.315. The summed E-state index contributed by atoms with van der Waals surface area (Å²) < 4.78 is 12.7. The lowest BCUT2D eigenvalue weighted by Crippen LogP contribution is -2.23. The van der Waals surface area contributed by atoms with E-state index in [1.807, 2.05) is 22.9 Å². The highest BCUT2D eigenvalue weighted by Gasteiger charge is 2.27. The van der Waals surface area contributed by atoms with Crippen molar-refractivity contribution in [2.45, 2.75) is 32.2 Å². The Bertz CT molecular complexity index is 1110. The SMILES string of the molecule is CCCCN1CC[C@H](n2nc(C#Cc3cc(OC)cc(OC)c3)c3c(N)ncnc32)C1. The number of hydrogen-bond donors (Lipinski definition) is 1. The first-order valence-corrected chi connectivity index (χ1v) is 10.6. The van der Waals surface area contributed by atoms with Gasteiger partial charge in [-0.3, -0.25) is 0 Å². The minimum Gasteiger partial charge on any atom is -0.497 e. The molecule has 4 rings (SSSR count). The van der Waals surface area contributed by atoms with Crippen LogP contribution in [0.5, 0.6) is 11.5 Å². The summed E-state index contributed by atoms with van der Waals surface area (Å²) in [7, 11) is 3.23. The van der Waals surface area contributed by atoms with Gasteiger partial charge in [-0.1, -0.05) is 19.3 Å². The predicted octanol–water partition coefficient (Wildman–Crippen LogP) is 2.87. The van der Waals surface area contributed by atoms with Gasteiger partial charge in [0.2, 0.25) is 0 Å². The number of nitrogen functional groups attached to an aromatic ring is 1. The molecule has 0 amide bonds. The molecule has 3 heterocycles. The fraction of sp³-hybridized carbons (Fsp3) is 0.435. The van der Waals surface area contributed by atoms with Crippen molar-refractivity contribution < 1.29 is 9.47 Å². The summed E-state index contributed by atoms with van der Waals surface area (Å²) in [4.78, 5) is 11.1. The van der Waals surface area contributed by atoms with Gasteiger partial charge in [-0.15, -0.1) is 0 Å². The van der Waals surface area contributed by atoms with E-state index in [0.29, 0.717) is 28.4 Å². The number of unbranched alkanes of at least 4 members (excludes halogenated alkanes) is 1. The number of rotatable bonds is 6. The Hall–Kier alpha value is -3.31. The first-order chi connectivity index (χ1) is 15.1. The molecule has 8 heteroatoms. The average molecular weight is 421 g/mol. The fourth-order valence-electron chi connectivity index (χ4n) is 3.95. The summed E-state index contributed by atoms with van der Waals surface area (Å²) in [5.41, 5.74) is 8.29. The zero-order valence-electron chi connectivity index (χ0n) is 18.3. The molecule has 0 unspecified atom stereocenters. The fourth-order valence-corrected chi connectivity index (χ4v) is 3.95. The molecule has 1 aromatic carbocycles. The molecular weight excluding hydrogens is 392 g/mol. The van der Waals surface area contributed by atoms with Gasteiger partial charge in [-0.2, -0.15) is 5.10 Å². The van der Waals surface area contributed by atoms with E-state index >= 15 is 0 Å². The quantitative estimate of drug-likeness (QED) is 0.613. The minimum atomic E-state index is 0.251. The highest BCUT2D eigenvalue weighted by atomic mass is 16.5. The van der Waals surface area contributed by atoms with E-state index in [1.165, 1.54) is 19.2 Å². The molecule has 0 saturated carbocycles. The molecule has 1 saturated heterocycles. The van der Waals surface area contributed by atoms with E-state index in [1.54, 1.807) is 14.2 Å². The van der Waals surface area contributed by atoms with Crippen molar-refractivity contribution in [1.29, 1.82) is 0 Å². The first kappa shape index (κ1) is 20.9. The Morgan fingerprint density at radius 2 is 1.90 bits per heavy atom. The molecule has 31 heavy (non-hydrogen) atoms. The number of fused-ring (bicyclic) bond motifs is 1. The maximum absolute atomic E-state index is 6.20. The van der Waals surface area contributed by atoms with Gasteiger partial charge in [0.1, 0.15) is 29.3 Å². The Balaban J connectivity index is 1.70. The summed E-state index contributed by atoms with van der Waals surface area (Å²) in [5.74, 6) is 8.09. The number of nitrogens with zero attached hydrogens (tertiary/aromatic N) is 5. The van der Waals surface area contributed by atoms with Crippen LogP contribution >= 0.6 is 0 Å². The van der Waals surface area contributed by atoms with Crippen molar-refractivity contribution in [1.82, 2.24) is 24.6 Å². The first-order valence-electron chi connectivity index (χ1n) is 10.6. The maximum atomic E-state index is 6.20. The highest BCUT2D eigenvalue weighted by molar-refractivity contribution is 5.90. The van der Waals surface area contributed by atoms with E-state index in [4.69, 9.17) is 20.3 Å². The topological polar surface area (TPSA) is 91.3 Å². The molecule has 0 radical (unpaired) electrons. The largest absolute Gasteiger partial charge is 0.497 e. The molecule has 2 N–H and O–H groups in total. The van der Waals surface area contributed by atoms with E-state index in [9.17, 15) is 0 Å². The number of nitrogens with two attached hydrogens (primary N) is 1. The van der Waals surface area contributed by atoms with Crippen LogP contribution in [0.15, 0.2) is 24.5 Å². The molecule has 3 aromatic rings. The van der Waals surface area contributed by atoms with Crippen molar-refractivity contribution in [3.8, 4) is 23.3 Å². The maximum Gasteiger partial charge on any atom is 0.164 e. The lowest BCUT2D eigenvalue weighted by Gasteiger charge is -2.15. The van der Waals surface area contributed by atoms with Crippen LogP contribution in [0.4, 0.5) is 5.82 Å². The smallest absolute Gasteiger partial charge is 0.164 e. The zero-order valence-corrected chi connectivity index (χ0v) is 18.3. The molecule has 0 spiro atoms. The standard InChI is InChI=1S/C23H28N6O2/c1-4-5-9-28-10-8-17(14-28)29-23-21(22(24)25-15-26-23)20(27-29)7-6-16-11-18(30-2)13-19(12-16)31-3/h11-13,15,17H,4-5,8-10,14H2,1-3H3,(H2,24,25,26)/t17-/m0/s1. The van der Waals surface area contributed by atoms with Crippen LogP contribution in [0.25, 0.3) is 11.0 Å². The van der Waals surface area contributed by atoms with Gasteiger partial charge in [0.05, 0.1) is 25.6 Å². The second kappa shape index (κ2) is 9.23. The summed E-state index contributed by atoms with van der Waals surface area (Å²) in [6.45, 7) is 5.36. The average Bonchev–Trinajstić information content (AvgIpc) is 3.41. The van der Waals surface area contributed by atoms with Gasteiger partial charge in [0, 0.05) is 24.7 Å².